The lowest BCUT2D eigenvalue weighted by Gasteiger charge is -2.27. The Balaban J connectivity index is 1.89. The molecule has 1 saturated heterocycles. The number of carbonyl (C=O) groups is 2. The van der Waals surface area contributed by atoms with E-state index in [4.69, 9.17) is 4.74 Å². The molecule has 0 radical (unpaired) electrons. The second-order valence-corrected chi connectivity index (χ2v) is 6.18. The topological polar surface area (TPSA) is 70.7 Å². The maximum Gasteiger partial charge on any atom is 0.253 e. The molecule has 1 fully saturated rings. The summed E-state index contributed by atoms with van der Waals surface area (Å²) >= 11 is 3.38. The molecule has 0 aromatic heterocycles. The zero-order valence-corrected chi connectivity index (χ0v) is 14.3. The minimum Gasteiger partial charge on any atom is -0.366 e. The van der Waals surface area contributed by atoms with Crippen molar-refractivity contribution < 1.29 is 14.3 Å². The first-order chi connectivity index (χ1) is 10.5. The molecule has 120 valence electrons. The first-order valence-electron chi connectivity index (χ1n) is 7.10. The number of nitrogens with zero attached hydrogens (tertiary/aromatic N) is 1. The molecule has 1 aromatic rings. The Morgan fingerprint density at radius 1 is 1.50 bits per heavy atom. The summed E-state index contributed by atoms with van der Waals surface area (Å²) < 4.78 is 6.36. The third kappa shape index (κ3) is 4.53. The Morgan fingerprint density at radius 3 is 2.91 bits per heavy atom. The number of morpholine rings is 1. The molecule has 6 nitrogen and oxygen atoms in total. The maximum atomic E-state index is 12.2. The van der Waals surface area contributed by atoms with E-state index >= 15 is 0 Å². The normalized spacial score (nSPS) is 17.9. The predicted molar refractivity (Wildman–Crippen MR) is 87.8 cm³/mol. The Hall–Kier alpha value is -1.44. The van der Waals surface area contributed by atoms with Crippen molar-refractivity contribution in [2.75, 3.05) is 38.6 Å². The number of benzene rings is 1. The maximum absolute atomic E-state index is 12.2. The lowest BCUT2D eigenvalue weighted by molar-refractivity contribution is -0.145. The predicted octanol–water partition coefficient (Wildman–Crippen LogP) is 1.14. The minimum absolute atomic E-state index is 0.00576. The molecular formula is C15H20BrN3O3. The van der Waals surface area contributed by atoms with Crippen LogP contribution >= 0.6 is 15.9 Å². The van der Waals surface area contributed by atoms with Gasteiger partial charge in [-0.3, -0.25) is 9.59 Å². The number of nitrogens with one attached hydrogen (secondary N) is 2. The fourth-order valence-corrected chi connectivity index (χ4v) is 2.70. The van der Waals surface area contributed by atoms with Gasteiger partial charge in [0.25, 0.3) is 5.91 Å². The number of rotatable bonds is 4. The summed E-state index contributed by atoms with van der Waals surface area (Å²) in [6.45, 7) is 3.65. The Kier molecular flexibility index (Phi) is 5.93. The van der Waals surface area contributed by atoms with Gasteiger partial charge in [-0.1, -0.05) is 15.9 Å². The van der Waals surface area contributed by atoms with Gasteiger partial charge in [0.05, 0.1) is 13.2 Å². The van der Waals surface area contributed by atoms with E-state index in [1.54, 1.807) is 7.05 Å². The van der Waals surface area contributed by atoms with Crippen LogP contribution in [-0.4, -0.2) is 56.1 Å². The molecule has 1 aromatic carbocycles. The SMILES string of the molecule is Cc1cc(Br)ccc1NC(=O)CN(C)C(=O)C1CNCCO1. The molecule has 1 atom stereocenters. The van der Waals surface area contributed by atoms with Gasteiger partial charge in [0.1, 0.15) is 6.10 Å². The molecule has 0 bridgehead atoms. The average molecular weight is 370 g/mol. The molecule has 22 heavy (non-hydrogen) atoms. The Labute approximate surface area is 138 Å². The van der Waals surface area contributed by atoms with Gasteiger partial charge >= 0.3 is 0 Å². The summed E-state index contributed by atoms with van der Waals surface area (Å²) in [5, 5.41) is 5.92. The fourth-order valence-electron chi connectivity index (χ4n) is 2.22. The van der Waals surface area contributed by atoms with E-state index in [-0.39, 0.29) is 18.4 Å². The highest BCUT2D eigenvalue weighted by Crippen LogP contribution is 2.19. The molecule has 0 saturated carbocycles. The van der Waals surface area contributed by atoms with Crippen LogP contribution in [0.2, 0.25) is 0 Å². The van der Waals surface area contributed by atoms with E-state index in [0.717, 1.165) is 22.3 Å². The van der Waals surface area contributed by atoms with E-state index in [1.807, 2.05) is 25.1 Å². The van der Waals surface area contributed by atoms with Crippen LogP contribution < -0.4 is 10.6 Å². The average Bonchev–Trinajstić information content (AvgIpc) is 2.50. The summed E-state index contributed by atoms with van der Waals surface area (Å²) in [7, 11) is 1.61. The minimum atomic E-state index is -0.513. The summed E-state index contributed by atoms with van der Waals surface area (Å²) in [4.78, 5) is 25.6. The first kappa shape index (κ1) is 16.9. The number of anilines is 1. The number of carbonyl (C=O) groups excluding carboxylic acids is 2. The van der Waals surface area contributed by atoms with Crippen LogP contribution in [0.25, 0.3) is 0 Å². The van der Waals surface area contributed by atoms with Crippen molar-refractivity contribution in [3.63, 3.8) is 0 Å². The summed E-state index contributed by atoms with van der Waals surface area (Å²) in [6, 6.07) is 5.61. The largest absolute Gasteiger partial charge is 0.366 e. The zero-order valence-electron chi connectivity index (χ0n) is 12.7. The number of aryl methyl sites for hydroxylation is 1. The molecule has 1 unspecified atom stereocenters. The molecule has 1 aliphatic rings. The summed E-state index contributed by atoms with van der Waals surface area (Å²) in [5.41, 5.74) is 1.70. The fraction of sp³-hybridized carbons (Fsp3) is 0.467. The standard InChI is InChI=1S/C15H20BrN3O3/c1-10-7-11(16)3-4-12(10)18-14(20)9-19(2)15(21)13-8-17-5-6-22-13/h3-4,7,13,17H,5-6,8-9H2,1-2H3,(H,18,20). The highest BCUT2D eigenvalue weighted by Gasteiger charge is 2.25. The number of amides is 2. The molecule has 7 heteroatoms. The van der Waals surface area contributed by atoms with E-state index < -0.39 is 6.10 Å². The van der Waals surface area contributed by atoms with E-state index in [1.165, 1.54) is 4.90 Å². The number of hydrogen-bond acceptors (Lipinski definition) is 4. The van der Waals surface area contributed by atoms with Crippen molar-refractivity contribution in [1.29, 1.82) is 0 Å². The van der Waals surface area contributed by atoms with Gasteiger partial charge in [0, 0.05) is 30.3 Å². The molecular weight excluding hydrogens is 350 g/mol. The number of likely N-dealkylation sites (N-methyl/N-ethyl adjacent to an activating group) is 1. The van der Waals surface area contributed by atoms with Crippen molar-refractivity contribution in [2.24, 2.45) is 0 Å². The number of halogens is 1. The van der Waals surface area contributed by atoms with Crippen molar-refractivity contribution >= 4 is 33.4 Å². The summed E-state index contributed by atoms with van der Waals surface area (Å²) in [6.07, 6.45) is -0.513. The molecule has 0 aliphatic carbocycles. The van der Waals surface area contributed by atoms with Crippen LogP contribution in [0.5, 0.6) is 0 Å². The van der Waals surface area contributed by atoms with Gasteiger partial charge in [0.15, 0.2) is 0 Å². The molecule has 0 spiro atoms. The van der Waals surface area contributed by atoms with Crippen molar-refractivity contribution in [3.05, 3.63) is 28.2 Å². The third-order valence-corrected chi connectivity index (χ3v) is 3.92. The Bertz CT molecular complexity index is 559. The second kappa shape index (κ2) is 7.71. The van der Waals surface area contributed by atoms with Crippen LogP contribution in [0.15, 0.2) is 22.7 Å². The molecule has 2 rings (SSSR count). The van der Waals surface area contributed by atoms with Crippen LogP contribution in [0.4, 0.5) is 5.69 Å². The van der Waals surface area contributed by atoms with Gasteiger partial charge in [0.2, 0.25) is 5.91 Å². The first-order valence-corrected chi connectivity index (χ1v) is 7.90. The van der Waals surface area contributed by atoms with Crippen molar-refractivity contribution in [1.82, 2.24) is 10.2 Å². The quantitative estimate of drug-likeness (QED) is 0.834. The zero-order chi connectivity index (χ0) is 16.1. The van der Waals surface area contributed by atoms with Gasteiger partial charge < -0.3 is 20.3 Å². The number of hydrogen-bond donors (Lipinski definition) is 2. The molecule has 1 aliphatic heterocycles. The van der Waals surface area contributed by atoms with Crippen LogP contribution in [0.3, 0.4) is 0 Å². The molecule has 1 heterocycles. The van der Waals surface area contributed by atoms with E-state index in [0.29, 0.717) is 13.2 Å². The van der Waals surface area contributed by atoms with Crippen molar-refractivity contribution in [3.8, 4) is 0 Å². The van der Waals surface area contributed by atoms with Gasteiger partial charge in [-0.15, -0.1) is 0 Å². The van der Waals surface area contributed by atoms with Gasteiger partial charge in [-0.2, -0.15) is 0 Å². The second-order valence-electron chi connectivity index (χ2n) is 5.27. The smallest absolute Gasteiger partial charge is 0.253 e. The van der Waals surface area contributed by atoms with E-state index in [9.17, 15) is 9.59 Å². The lowest BCUT2D eigenvalue weighted by Crippen LogP contribution is -2.49. The van der Waals surface area contributed by atoms with E-state index in [2.05, 4.69) is 26.6 Å². The van der Waals surface area contributed by atoms with Crippen LogP contribution in [-0.2, 0) is 14.3 Å². The third-order valence-electron chi connectivity index (χ3n) is 3.42. The van der Waals surface area contributed by atoms with Gasteiger partial charge in [-0.05, 0) is 30.7 Å². The highest BCUT2D eigenvalue weighted by molar-refractivity contribution is 9.10. The van der Waals surface area contributed by atoms with Crippen LogP contribution in [0, 0.1) is 6.92 Å². The Morgan fingerprint density at radius 2 is 2.27 bits per heavy atom. The lowest BCUT2D eigenvalue weighted by atomic mass is 10.2. The van der Waals surface area contributed by atoms with Crippen molar-refractivity contribution in [2.45, 2.75) is 13.0 Å². The monoisotopic (exact) mass is 369 g/mol. The summed E-state index contributed by atoms with van der Waals surface area (Å²) in [5.74, 6) is -0.417. The van der Waals surface area contributed by atoms with Gasteiger partial charge in [-0.25, -0.2) is 0 Å². The molecule has 2 N–H and O–H groups in total. The highest BCUT2D eigenvalue weighted by atomic mass is 79.9. The number of ether oxygens (including phenoxy) is 1. The van der Waals surface area contributed by atoms with Crippen LogP contribution in [0.1, 0.15) is 5.56 Å². The molecule has 2 amide bonds.